The minimum Gasteiger partial charge on any atom is -0.508 e. The van der Waals surface area contributed by atoms with Gasteiger partial charge in [0.1, 0.15) is 12.4 Å². The molecule has 204 valence electrons. The van der Waals surface area contributed by atoms with Crippen LogP contribution in [0.4, 0.5) is 10.1 Å². The lowest BCUT2D eigenvalue weighted by atomic mass is 9.79. The van der Waals surface area contributed by atoms with Crippen molar-refractivity contribution in [1.82, 2.24) is 0 Å². The van der Waals surface area contributed by atoms with Crippen LogP contribution in [0, 0.1) is 5.82 Å². The number of methoxy groups -OCH3 is 2. The van der Waals surface area contributed by atoms with E-state index in [2.05, 4.69) is 11.4 Å². The molecule has 7 heteroatoms. The maximum atomic E-state index is 14.5. The molecule has 1 aliphatic rings. The monoisotopic (exact) mass is 522 g/mol. The largest absolute Gasteiger partial charge is 0.508 e. The number of fused-ring (bicyclic) bond motifs is 1. The van der Waals surface area contributed by atoms with Crippen LogP contribution in [0.15, 0.2) is 48.5 Å². The summed E-state index contributed by atoms with van der Waals surface area (Å²) in [6, 6.07) is 14.9. The van der Waals surface area contributed by atoms with Gasteiger partial charge in [-0.25, -0.2) is 4.39 Å². The highest BCUT2D eigenvalue weighted by Crippen LogP contribution is 2.42. The molecule has 3 aromatic rings. The van der Waals surface area contributed by atoms with Gasteiger partial charge < -0.3 is 30.4 Å². The van der Waals surface area contributed by atoms with E-state index >= 15 is 0 Å². The van der Waals surface area contributed by atoms with Crippen molar-refractivity contribution in [1.29, 1.82) is 0 Å². The molecule has 4 N–H and O–H groups in total. The highest BCUT2D eigenvalue weighted by molar-refractivity contribution is 5.62. The van der Waals surface area contributed by atoms with Gasteiger partial charge in [0, 0.05) is 23.8 Å². The number of rotatable bonds is 11. The molecule has 3 aromatic carbocycles. The van der Waals surface area contributed by atoms with Gasteiger partial charge in [0.25, 0.3) is 0 Å². The van der Waals surface area contributed by atoms with Gasteiger partial charge >= 0.3 is 0 Å². The molecule has 1 aliphatic carbocycles. The van der Waals surface area contributed by atoms with E-state index in [0.29, 0.717) is 23.2 Å². The van der Waals surface area contributed by atoms with Gasteiger partial charge in [-0.15, -0.1) is 0 Å². The minimum atomic E-state index is -0.524. The number of nitrogens with one attached hydrogen (secondary N) is 1. The summed E-state index contributed by atoms with van der Waals surface area (Å²) in [7, 11) is 3.29. The third kappa shape index (κ3) is 6.90. The molecular weight excluding hydrogens is 483 g/mol. The first-order chi connectivity index (χ1) is 18.2. The molecular formula is C31H39FN2O4. The smallest absolute Gasteiger partial charge is 0.165 e. The van der Waals surface area contributed by atoms with Gasteiger partial charge in [-0.3, -0.25) is 0 Å². The van der Waals surface area contributed by atoms with Crippen LogP contribution in [0.3, 0.4) is 0 Å². The maximum absolute atomic E-state index is 14.5. The Morgan fingerprint density at radius 1 is 1.00 bits per heavy atom. The SMILES string of the molecule is COc1cc(NCCCc2ccc(OCC(C)(C)N)c(F)c2)c([C@@H]2CCc3cc(O)ccc3C2)cc1OC. The van der Waals surface area contributed by atoms with Gasteiger partial charge in [-0.05, 0) is 104 Å². The molecule has 0 bridgehead atoms. The predicted molar refractivity (Wildman–Crippen MR) is 149 cm³/mol. The molecule has 0 heterocycles. The summed E-state index contributed by atoms with van der Waals surface area (Å²) in [4.78, 5) is 0. The van der Waals surface area contributed by atoms with Crippen LogP contribution in [0.25, 0.3) is 0 Å². The number of phenols is 1. The molecule has 0 spiro atoms. The number of benzene rings is 3. The summed E-state index contributed by atoms with van der Waals surface area (Å²) in [6.45, 7) is 4.65. The second-order valence-corrected chi connectivity index (χ2v) is 10.8. The van der Waals surface area contributed by atoms with E-state index in [1.165, 1.54) is 22.8 Å². The molecule has 4 rings (SSSR count). The van der Waals surface area contributed by atoms with Crippen molar-refractivity contribution in [2.75, 3.05) is 32.7 Å². The molecule has 0 aromatic heterocycles. The zero-order valence-electron chi connectivity index (χ0n) is 22.8. The third-order valence-electron chi connectivity index (χ3n) is 6.97. The van der Waals surface area contributed by atoms with E-state index < -0.39 is 5.54 Å². The number of anilines is 1. The fraction of sp³-hybridized carbons (Fsp3) is 0.419. The first-order valence-electron chi connectivity index (χ1n) is 13.2. The molecule has 0 saturated carbocycles. The lowest BCUT2D eigenvalue weighted by Crippen LogP contribution is -2.38. The van der Waals surface area contributed by atoms with E-state index in [0.717, 1.165) is 49.9 Å². The normalized spacial score (nSPS) is 15.1. The lowest BCUT2D eigenvalue weighted by molar-refractivity contribution is 0.234. The number of phenolic OH excluding ortho intramolecular Hbond substituents is 1. The highest BCUT2D eigenvalue weighted by atomic mass is 19.1. The van der Waals surface area contributed by atoms with Crippen molar-refractivity contribution in [3.63, 3.8) is 0 Å². The Morgan fingerprint density at radius 3 is 2.47 bits per heavy atom. The summed E-state index contributed by atoms with van der Waals surface area (Å²) in [6.07, 6.45) is 4.35. The summed E-state index contributed by atoms with van der Waals surface area (Å²) in [5.41, 5.74) is 11.0. The van der Waals surface area contributed by atoms with Crippen molar-refractivity contribution >= 4 is 5.69 Å². The van der Waals surface area contributed by atoms with Crippen LogP contribution in [0.1, 0.15) is 54.9 Å². The lowest BCUT2D eigenvalue weighted by Gasteiger charge is -2.28. The van der Waals surface area contributed by atoms with E-state index in [4.69, 9.17) is 19.9 Å². The molecule has 6 nitrogen and oxygen atoms in total. The summed E-state index contributed by atoms with van der Waals surface area (Å²) < 4.78 is 31.2. The summed E-state index contributed by atoms with van der Waals surface area (Å²) in [5.74, 6) is 1.88. The average molecular weight is 523 g/mol. The van der Waals surface area contributed by atoms with E-state index in [-0.39, 0.29) is 18.2 Å². The van der Waals surface area contributed by atoms with Crippen molar-refractivity contribution < 1.29 is 23.7 Å². The van der Waals surface area contributed by atoms with Gasteiger partial charge in [-0.2, -0.15) is 0 Å². The summed E-state index contributed by atoms with van der Waals surface area (Å²) in [5, 5.41) is 13.4. The van der Waals surface area contributed by atoms with Crippen LogP contribution >= 0.6 is 0 Å². The predicted octanol–water partition coefficient (Wildman–Crippen LogP) is 5.98. The second-order valence-electron chi connectivity index (χ2n) is 10.8. The average Bonchev–Trinajstić information content (AvgIpc) is 2.89. The Balaban J connectivity index is 1.43. The molecule has 0 fully saturated rings. The van der Waals surface area contributed by atoms with Crippen LogP contribution < -0.4 is 25.3 Å². The van der Waals surface area contributed by atoms with Crippen LogP contribution in [0.5, 0.6) is 23.0 Å². The van der Waals surface area contributed by atoms with Gasteiger partial charge in [0.05, 0.1) is 14.2 Å². The van der Waals surface area contributed by atoms with Crippen molar-refractivity contribution in [3.8, 4) is 23.0 Å². The molecule has 0 radical (unpaired) electrons. The number of aromatic hydroxyl groups is 1. The topological polar surface area (TPSA) is 86.0 Å². The molecule has 38 heavy (non-hydrogen) atoms. The number of hydrogen-bond donors (Lipinski definition) is 3. The van der Waals surface area contributed by atoms with Crippen molar-refractivity contribution in [3.05, 3.63) is 76.6 Å². The molecule has 0 aliphatic heterocycles. The molecule has 1 atom stereocenters. The van der Waals surface area contributed by atoms with E-state index in [9.17, 15) is 9.50 Å². The Kier molecular flexibility index (Phi) is 8.67. The minimum absolute atomic E-state index is 0.227. The van der Waals surface area contributed by atoms with Crippen LogP contribution in [0.2, 0.25) is 0 Å². The Bertz CT molecular complexity index is 1260. The van der Waals surface area contributed by atoms with Crippen molar-refractivity contribution in [2.45, 2.75) is 57.4 Å². The van der Waals surface area contributed by atoms with E-state index in [1.807, 2.05) is 38.1 Å². The Hall–Kier alpha value is -3.45. The zero-order valence-corrected chi connectivity index (χ0v) is 22.8. The van der Waals surface area contributed by atoms with Gasteiger partial charge in [-0.1, -0.05) is 12.1 Å². The van der Waals surface area contributed by atoms with Crippen LogP contribution in [-0.2, 0) is 19.3 Å². The second kappa shape index (κ2) is 11.9. The number of hydrogen-bond acceptors (Lipinski definition) is 6. The zero-order chi connectivity index (χ0) is 27.3. The summed E-state index contributed by atoms with van der Waals surface area (Å²) >= 11 is 0. The maximum Gasteiger partial charge on any atom is 0.165 e. The Morgan fingerprint density at radius 2 is 1.76 bits per heavy atom. The quantitative estimate of drug-likeness (QED) is 0.269. The number of nitrogens with two attached hydrogens (primary N) is 1. The first kappa shape index (κ1) is 27.6. The standard InChI is InChI=1S/C31H39FN2O4/c1-31(2,33)19-38-28-12-7-20(14-26(28)32)6-5-13-34-27-18-30(37-4)29(36-3)17-25(27)23-9-8-22-16-24(35)11-10-21(22)15-23/h7,10-12,14,16-18,23,34-35H,5-6,8-9,13,15,19,33H2,1-4H3/t23-/m1/s1. The fourth-order valence-electron chi connectivity index (χ4n) is 4.99. The van der Waals surface area contributed by atoms with Gasteiger partial charge in [0.2, 0.25) is 0 Å². The van der Waals surface area contributed by atoms with E-state index in [1.54, 1.807) is 26.4 Å². The fourth-order valence-corrected chi connectivity index (χ4v) is 4.99. The first-order valence-corrected chi connectivity index (χ1v) is 13.2. The molecule has 0 saturated heterocycles. The Labute approximate surface area is 224 Å². The van der Waals surface area contributed by atoms with Gasteiger partial charge in [0.15, 0.2) is 23.1 Å². The molecule has 0 unspecified atom stereocenters. The molecule has 0 amide bonds. The number of halogens is 1. The number of aryl methyl sites for hydroxylation is 2. The third-order valence-corrected chi connectivity index (χ3v) is 6.97. The highest BCUT2D eigenvalue weighted by Gasteiger charge is 2.24. The number of ether oxygens (including phenoxy) is 3. The van der Waals surface area contributed by atoms with Crippen LogP contribution in [-0.4, -0.2) is 38.0 Å². The van der Waals surface area contributed by atoms with Crippen molar-refractivity contribution in [2.24, 2.45) is 5.73 Å².